The third-order valence-corrected chi connectivity index (χ3v) is 15.3. The maximum absolute atomic E-state index is 13.3. The lowest BCUT2D eigenvalue weighted by atomic mass is 9.86. The number of hydrogen-bond donors (Lipinski definition) is 0. The van der Waals surface area contributed by atoms with Crippen molar-refractivity contribution in [2.75, 3.05) is 31.8 Å². The molecule has 0 unspecified atom stereocenters. The molecule has 2 aliphatic rings. The van der Waals surface area contributed by atoms with E-state index in [9.17, 15) is 9.59 Å². The minimum Gasteiger partial charge on any atom is -0.467 e. The van der Waals surface area contributed by atoms with Gasteiger partial charge >= 0.3 is 12.1 Å². The standard InChI is InChI=1S/C27H43NO5S2Si/c1-27(2,3)36(5,6)33-14-13-21-18-28(26(30)32-19-20-11-8-7-9-12-20)24(25(29)31-4)22(21)17-23-34-15-10-16-35-23/h7-9,11-12,21-24H,10,13-19H2,1-6H3/t21-,22-,24+/m0/s1. The molecule has 0 bridgehead atoms. The van der Waals surface area contributed by atoms with Gasteiger partial charge in [-0.15, -0.1) is 23.5 Å². The predicted molar refractivity (Wildman–Crippen MR) is 152 cm³/mol. The van der Waals surface area contributed by atoms with Crippen molar-refractivity contribution in [3.63, 3.8) is 0 Å². The van der Waals surface area contributed by atoms with Crippen LogP contribution in [0, 0.1) is 11.8 Å². The average molecular weight is 554 g/mol. The summed E-state index contributed by atoms with van der Waals surface area (Å²) in [7, 11) is -0.473. The largest absolute Gasteiger partial charge is 0.467 e. The summed E-state index contributed by atoms with van der Waals surface area (Å²) in [6.07, 6.45) is 2.46. The van der Waals surface area contributed by atoms with E-state index in [1.165, 1.54) is 13.5 Å². The van der Waals surface area contributed by atoms with E-state index < -0.39 is 20.5 Å². The maximum atomic E-state index is 13.3. The van der Waals surface area contributed by atoms with Crippen LogP contribution >= 0.6 is 23.5 Å². The van der Waals surface area contributed by atoms with E-state index in [1.807, 2.05) is 53.9 Å². The molecule has 9 heteroatoms. The first-order valence-corrected chi connectivity index (χ1v) is 18.0. The number of carbonyl (C=O) groups is 2. The first-order valence-electron chi connectivity index (χ1n) is 13.0. The van der Waals surface area contributed by atoms with E-state index in [0.717, 1.165) is 29.9 Å². The molecule has 0 aliphatic carbocycles. The fraction of sp³-hybridized carbons (Fsp3) is 0.704. The number of rotatable bonds is 9. The summed E-state index contributed by atoms with van der Waals surface area (Å²) >= 11 is 3.95. The number of nitrogens with zero attached hydrogens (tertiary/aromatic N) is 1. The second-order valence-corrected chi connectivity index (χ2v) is 19.0. The van der Waals surface area contributed by atoms with Gasteiger partial charge in [-0.3, -0.25) is 4.90 Å². The highest BCUT2D eigenvalue weighted by molar-refractivity contribution is 8.17. The lowest BCUT2D eigenvalue weighted by Crippen LogP contribution is -2.44. The Morgan fingerprint density at radius 1 is 1.11 bits per heavy atom. The summed E-state index contributed by atoms with van der Waals surface area (Å²) in [5.41, 5.74) is 0.922. The number of benzene rings is 1. The van der Waals surface area contributed by atoms with Crippen LogP contribution in [0.25, 0.3) is 0 Å². The van der Waals surface area contributed by atoms with E-state index in [-0.39, 0.29) is 29.5 Å². The Morgan fingerprint density at radius 2 is 1.78 bits per heavy atom. The van der Waals surface area contributed by atoms with Gasteiger partial charge in [-0.1, -0.05) is 51.1 Å². The number of esters is 1. The Labute approximate surface area is 226 Å². The fourth-order valence-electron chi connectivity index (χ4n) is 4.61. The van der Waals surface area contributed by atoms with Crippen LogP contribution in [0.2, 0.25) is 18.1 Å². The number of thioether (sulfide) groups is 2. The summed E-state index contributed by atoms with van der Waals surface area (Å²) in [5, 5.41) is 0.138. The molecule has 202 valence electrons. The van der Waals surface area contributed by atoms with Gasteiger partial charge in [0.25, 0.3) is 0 Å². The van der Waals surface area contributed by atoms with Crippen LogP contribution in [-0.2, 0) is 25.3 Å². The number of carbonyl (C=O) groups excluding carboxylic acids is 2. The Balaban J connectivity index is 1.76. The normalized spacial score (nSPS) is 23.5. The molecule has 1 aromatic carbocycles. The number of ether oxygens (including phenoxy) is 2. The van der Waals surface area contributed by atoms with Crippen LogP contribution in [0.5, 0.6) is 0 Å². The van der Waals surface area contributed by atoms with E-state index in [1.54, 1.807) is 4.90 Å². The maximum Gasteiger partial charge on any atom is 0.410 e. The van der Waals surface area contributed by atoms with Crippen molar-refractivity contribution in [2.45, 2.75) is 75.4 Å². The molecular formula is C27H43NO5S2Si. The average Bonchev–Trinajstić information content (AvgIpc) is 3.20. The SMILES string of the molecule is COC(=O)[C@H]1[C@@H](CC2SCCCS2)[C@@H](CCO[Si](C)(C)C(C)(C)C)CN1C(=O)OCc1ccccc1. The minimum absolute atomic E-state index is 0.0211. The molecule has 0 spiro atoms. The second-order valence-electron chi connectivity index (χ2n) is 11.2. The predicted octanol–water partition coefficient (Wildman–Crippen LogP) is 6.41. The third-order valence-electron chi connectivity index (χ3n) is 7.78. The zero-order valence-corrected chi connectivity index (χ0v) is 25.3. The summed E-state index contributed by atoms with van der Waals surface area (Å²) in [6.45, 7) is 12.6. The Kier molecular flexibility index (Phi) is 10.7. The van der Waals surface area contributed by atoms with Crippen LogP contribution in [0.15, 0.2) is 30.3 Å². The summed E-state index contributed by atoms with van der Waals surface area (Å²) in [6, 6.07) is 9.00. The van der Waals surface area contributed by atoms with Crippen LogP contribution in [0.3, 0.4) is 0 Å². The first kappa shape index (κ1) is 29.4. The van der Waals surface area contributed by atoms with Crippen molar-refractivity contribution in [3.05, 3.63) is 35.9 Å². The van der Waals surface area contributed by atoms with Gasteiger partial charge in [0.2, 0.25) is 0 Å². The van der Waals surface area contributed by atoms with Crippen molar-refractivity contribution in [1.29, 1.82) is 0 Å². The van der Waals surface area contributed by atoms with Gasteiger partial charge in [-0.25, -0.2) is 9.59 Å². The lowest BCUT2D eigenvalue weighted by Gasteiger charge is -2.36. The molecule has 2 saturated heterocycles. The van der Waals surface area contributed by atoms with E-state index in [2.05, 4.69) is 33.9 Å². The molecule has 1 aromatic rings. The smallest absolute Gasteiger partial charge is 0.410 e. The Bertz CT molecular complexity index is 857. The molecule has 2 heterocycles. The number of amides is 1. The van der Waals surface area contributed by atoms with Crippen molar-refractivity contribution < 1.29 is 23.5 Å². The van der Waals surface area contributed by atoms with Gasteiger partial charge in [0.05, 0.1) is 11.7 Å². The second kappa shape index (κ2) is 13.1. The molecule has 2 fully saturated rings. The zero-order chi connectivity index (χ0) is 26.3. The highest BCUT2D eigenvalue weighted by atomic mass is 32.2. The molecule has 36 heavy (non-hydrogen) atoms. The van der Waals surface area contributed by atoms with Crippen LogP contribution in [0.1, 0.15) is 45.6 Å². The summed E-state index contributed by atoms with van der Waals surface area (Å²) < 4.78 is 17.8. The zero-order valence-electron chi connectivity index (χ0n) is 22.7. The summed E-state index contributed by atoms with van der Waals surface area (Å²) in [4.78, 5) is 27.9. The van der Waals surface area contributed by atoms with Crippen LogP contribution in [0.4, 0.5) is 4.79 Å². The lowest BCUT2D eigenvalue weighted by molar-refractivity contribution is -0.146. The van der Waals surface area contributed by atoms with Crippen molar-refractivity contribution in [3.8, 4) is 0 Å². The topological polar surface area (TPSA) is 65.1 Å². The molecule has 6 nitrogen and oxygen atoms in total. The molecule has 0 radical (unpaired) electrons. The van der Waals surface area contributed by atoms with Gasteiger partial charge in [0.1, 0.15) is 12.6 Å². The summed E-state index contributed by atoms with van der Waals surface area (Å²) in [5.74, 6) is 2.12. The van der Waals surface area contributed by atoms with Crippen molar-refractivity contribution in [2.24, 2.45) is 11.8 Å². The van der Waals surface area contributed by atoms with Gasteiger partial charge in [-0.2, -0.15) is 0 Å². The number of methoxy groups -OCH3 is 1. The number of likely N-dealkylation sites (tertiary alicyclic amines) is 1. The van der Waals surface area contributed by atoms with Gasteiger partial charge in [0, 0.05) is 13.2 Å². The van der Waals surface area contributed by atoms with Gasteiger partial charge in [0.15, 0.2) is 8.32 Å². The first-order chi connectivity index (χ1) is 17.0. The van der Waals surface area contributed by atoms with E-state index in [4.69, 9.17) is 13.9 Å². The van der Waals surface area contributed by atoms with Crippen LogP contribution in [-0.4, -0.2) is 67.7 Å². The van der Waals surface area contributed by atoms with Gasteiger partial charge < -0.3 is 13.9 Å². The molecule has 0 saturated carbocycles. The monoisotopic (exact) mass is 553 g/mol. The van der Waals surface area contributed by atoms with Crippen molar-refractivity contribution >= 4 is 43.9 Å². The molecular weight excluding hydrogens is 511 g/mol. The number of hydrogen-bond acceptors (Lipinski definition) is 7. The van der Waals surface area contributed by atoms with Gasteiger partial charge in [-0.05, 0) is 66.3 Å². The quantitative estimate of drug-likeness (QED) is 0.259. The molecule has 0 N–H and O–H groups in total. The highest BCUT2D eigenvalue weighted by Gasteiger charge is 2.50. The third kappa shape index (κ3) is 7.68. The Hall–Kier alpha value is -1.16. The highest BCUT2D eigenvalue weighted by Crippen LogP contribution is 2.43. The molecule has 2 aliphatic heterocycles. The molecule has 3 rings (SSSR count). The van der Waals surface area contributed by atoms with E-state index >= 15 is 0 Å². The Morgan fingerprint density at radius 3 is 2.39 bits per heavy atom. The molecule has 1 amide bonds. The fourth-order valence-corrected chi connectivity index (χ4v) is 8.68. The molecule has 0 aromatic heterocycles. The molecule has 3 atom stereocenters. The minimum atomic E-state index is -1.88. The van der Waals surface area contributed by atoms with Crippen LogP contribution < -0.4 is 0 Å². The van der Waals surface area contributed by atoms with E-state index in [0.29, 0.717) is 17.7 Å². The van der Waals surface area contributed by atoms with Crippen molar-refractivity contribution in [1.82, 2.24) is 4.90 Å².